The van der Waals surface area contributed by atoms with E-state index < -0.39 is 28.5 Å². The number of carbonyl (C=O) groups excluding carboxylic acids is 2. The van der Waals surface area contributed by atoms with Crippen LogP contribution in [0.25, 0.3) is 0 Å². The molecule has 0 aliphatic rings. The smallest absolute Gasteiger partial charge is 0.265 e. The first-order chi connectivity index (χ1) is 21.1. The minimum Gasteiger partial charge on any atom is -0.497 e. The summed E-state index contributed by atoms with van der Waals surface area (Å²) < 4.78 is 51.2. The van der Waals surface area contributed by atoms with E-state index in [2.05, 4.69) is 5.32 Å². The number of benzene rings is 3. The maximum Gasteiger partial charge on any atom is 0.265 e. The lowest BCUT2D eigenvalue weighted by Crippen LogP contribution is -2.51. The lowest BCUT2D eigenvalue weighted by molar-refractivity contribution is -0.139. The van der Waals surface area contributed by atoms with E-state index in [4.69, 9.17) is 18.9 Å². The van der Waals surface area contributed by atoms with Gasteiger partial charge in [0.2, 0.25) is 11.8 Å². The van der Waals surface area contributed by atoms with Crippen molar-refractivity contribution in [3.05, 3.63) is 72.3 Å². The van der Waals surface area contributed by atoms with Crippen LogP contribution in [0.15, 0.2) is 71.6 Å². The fraction of sp³-hybridized carbons (Fsp3) is 0.375. The van der Waals surface area contributed by atoms with Crippen molar-refractivity contribution in [2.75, 3.05) is 45.8 Å². The molecule has 11 nitrogen and oxygen atoms in total. The van der Waals surface area contributed by atoms with Gasteiger partial charge in [0.25, 0.3) is 10.0 Å². The number of amides is 2. The molecule has 1 atom stereocenters. The summed E-state index contributed by atoms with van der Waals surface area (Å²) in [6, 6.07) is 17.1. The molecule has 0 saturated carbocycles. The first-order valence-corrected chi connectivity index (χ1v) is 15.6. The van der Waals surface area contributed by atoms with E-state index in [1.807, 2.05) is 37.3 Å². The average molecular weight is 628 g/mol. The van der Waals surface area contributed by atoms with Crippen LogP contribution in [0.4, 0.5) is 5.69 Å². The Morgan fingerprint density at radius 1 is 0.841 bits per heavy atom. The summed E-state index contributed by atoms with van der Waals surface area (Å²) in [6.07, 6.45) is 1.69. The second kappa shape index (κ2) is 15.9. The van der Waals surface area contributed by atoms with Crippen LogP contribution in [0.3, 0.4) is 0 Å². The molecule has 0 bridgehead atoms. The van der Waals surface area contributed by atoms with Crippen LogP contribution in [0.1, 0.15) is 32.3 Å². The van der Waals surface area contributed by atoms with Crippen molar-refractivity contribution in [1.29, 1.82) is 0 Å². The van der Waals surface area contributed by atoms with E-state index in [1.54, 1.807) is 19.1 Å². The van der Waals surface area contributed by atoms with Crippen LogP contribution in [-0.4, -0.2) is 72.7 Å². The van der Waals surface area contributed by atoms with E-state index >= 15 is 0 Å². The number of anilines is 1. The summed E-state index contributed by atoms with van der Waals surface area (Å²) in [7, 11) is 1.27. The number of hydrogen-bond acceptors (Lipinski definition) is 8. The van der Waals surface area contributed by atoms with Gasteiger partial charge < -0.3 is 29.2 Å². The molecular formula is C32H41N3O8S. The highest BCUT2D eigenvalue weighted by Crippen LogP contribution is 2.37. The zero-order chi connectivity index (χ0) is 32.3. The molecule has 0 saturated heterocycles. The largest absolute Gasteiger partial charge is 0.497 e. The number of nitrogens with zero attached hydrogens (tertiary/aromatic N) is 2. The van der Waals surface area contributed by atoms with Gasteiger partial charge in [0, 0.05) is 25.2 Å². The van der Waals surface area contributed by atoms with Gasteiger partial charge in [-0.15, -0.1) is 0 Å². The summed E-state index contributed by atoms with van der Waals surface area (Å²) in [6.45, 7) is 3.55. The zero-order valence-corrected chi connectivity index (χ0v) is 26.8. The topological polar surface area (TPSA) is 124 Å². The van der Waals surface area contributed by atoms with Gasteiger partial charge in [0.1, 0.15) is 24.1 Å². The number of unbranched alkanes of at least 4 members (excludes halogenated alkanes) is 1. The zero-order valence-electron chi connectivity index (χ0n) is 26.0. The number of hydrogen-bond donors (Lipinski definition) is 1. The van der Waals surface area contributed by atoms with Crippen LogP contribution in [-0.2, 0) is 26.2 Å². The van der Waals surface area contributed by atoms with Gasteiger partial charge in [0.15, 0.2) is 11.5 Å². The molecule has 3 aromatic carbocycles. The minimum atomic E-state index is -4.42. The number of nitrogens with one attached hydrogen (secondary N) is 1. The van der Waals surface area contributed by atoms with E-state index in [0.29, 0.717) is 18.0 Å². The molecule has 0 aliphatic carbocycles. The lowest BCUT2D eigenvalue weighted by atomic mass is 10.1. The summed E-state index contributed by atoms with van der Waals surface area (Å²) in [5, 5.41) is 2.88. The van der Waals surface area contributed by atoms with Crippen molar-refractivity contribution < 1.29 is 37.0 Å². The van der Waals surface area contributed by atoms with Gasteiger partial charge in [-0.1, -0.05) is 43.7 Å². The fourth-order valence-electron chi connectivity index (χ4n) is 4.51. The maximum absolute atomic E-state index is 14.3. The van der Waals surface area contributed by atoms with Gasteiger partial charge in [-0.2, -0.15) is 0 Å². The monoisotopic (exact) mass is 627 g/mol. The van der Waals surface area contributed by atoms with Crippen molar-refractivity contribution in [3.63, 3.8) is 0 Å². The van der Waals surface area contributed by atoms with Gasteiger partial charge in [-0.3, -0.25) is 13.9 Å². The van der Waals surface area contributed by atoms with Crippen molar-refractivity contribution in [1.82, 2.24) is 10.2 Å². The SMILES string of the molecule is CCCCNC(=O)C(C)N(Cc1ccccc1)C(=O)CN(c1cc(OC)ccc1OC)S(=O)(=O)c1ccc(OC)c(OC)c1. The minimum absolute atomic E-state index is 0.0784. The molecular weight excluding hydrogens is 586 g/mol. The van der Waals surface area contributed by atoms with Crippen LogP contribution in [0.2, 0.25) is 0 Å². The van der Waals surface area contributed by atoms with Gasteiger partial charge in [-0.25, -0.2) is 8.42 Å². The third kappa shape index (κ3) is 8.13. The van der Waals surface area contributed by atoms with Crippen molar-refractivity contribution in [2.24, 2.45) is 0 Å². The normalized spacial score (nSPS) is 11.7. The first-order valence-electron chi connectivity index (χ1n) is 14.2. The van der Waals surface area contributed by atoms with E-state index in [1.165, 1.54) is 57.6 Å². The van der Waals surface area contributed by atoms with Crippen LogP contribution in [0, 0.1) is 0 Å². The highest BCUT2D eigenvalue weighted by molar-refractivity contribution is 7.92. The maximum atomic E-state index is 14.3. The molecule has 3 aromatic rings. The Hall–Kier alpha value is -4.45. The number of rotatable bonds is 16. The van der Waals surface area contributed by atoms with E-state index in [-0.39, 0.29) is 34.5 Å². The second-order valence-corrected chi connectivity index (χ2v) is 11.8. The molecule has 3 rings (SSSR count). The molecule has 0 radical (unpaired) electrons. The number of ether oxygens (including phenoxy) is 4. The lowest BCUT2D eigenvalue weighted by Gasteiger charge is -2.32. The third-order valence-corrected chi connectivity index (χ3v) is 8.82. The Morgan fingerprint density at radius 3 is 2.11 bits per heavy atom. The molecule has 238 valence electrons. The van der Waals surface area contributed by atoms with Crippen LogP contribution < -0.4 is 28.6 Å². The molecule has 1 N–H and O–H groups in total. The van der Waals surface area contributed by atoms with Crippen molar-refractivity contribution in [2.45, 2.75) is 44.2 Å². The molecule has 2 amide bonds. The molecule has 0 spiro atoms. The van der Waals surface area contributed by atoms with Crippen LogP contribution >= 0.6 is 0 Å². The fourth-order valence-corrected chi connectivity index (χ4v) is 5.94. The Bertz CT molecular complexity index is 1520. The number of methoxy groups -OCH3 is 4. The molecule has 0 heterocycles. The van der Waals surface area contributed by atoms with Crippen molar-refractivity contribution in [3.8, 4) is 23.0 Å². The Balaban J connectivity index is 2.13. The van der Waals surface area contributed by atoms with E-state index in [9.17, 15) is 18.0 Å². The Morgan fingerprint density at radius 2 is 1.50 bits per heavy atom. The summed E-state index contributed by atoms with van der Waals surface area (Å²) in [4.78, 5) is 28.6. The highest BCUT2D eigenvalue weighted by atomic mass is 32.2. The summed E-state index contributed by atoms with van der Waals surface area (Å²) >= 11 is 0. The van der Waals surface area contributed by atoms with Crippen LogP contribution in [0.5, 0.6) is 23.0 Å². The predicted octanol–water partition coefficient (Wildman–Crippen LogP) is 4.25. The first kappa shape index (κ1) is 34.0. The van der Waals surface area contributed by atoms with E-state index in [0.717, 1.165) is 22.7 Å². The standard InChI is InChI=1S/C32H41N3O8S/c1-7-8-18-33-32(37)23(2)34(21-24-12-10-9-11-13-24)31(36)22-35(27-19-25(40-3)14-16-28(27)41-4)44(38,39)26-15-17-29(42-5)30(20-26)43-6/h9-17,19-20,23H,7-8,18,21-22H2,1-6H3,(H,33,37). The molecule has 44 heavy (non-hydrogen) atoms. The van der Waals surface area contributed by atoms with Gasteiger partial charge >= 0.3 is 0 Å². The molecule has 12 heteroatoms. The Kier molecular flexibility index (Phi) is 12.3. The molecule has 0 aromatic heterocycles. The van der Waals surface area contributed by atoms with Crippen molar-refractivity contribution >= 4 is 27.5 Å². The second-order valence-electron chi connectivity index (χ2n) is 9.89. The quantitative estimate of drug-likeness (QED) is 0.234. The number of sulfonamides is 1. The Labute approximate surface area is 259 Å². The molecule has 1 unspecified atom stereocenters. The molecule has 0 aliphatic heterocycles. The highest BCUT2D eigenvalue weighted by Gasteiger charge is 2.34. The van der Waals surface area contributed by atoms with Gasteiger partial charge in [-0.05, 0) is 43.2 Å². The summed E-state index contributed by atoms with van der Waals surface area (Å²) in [5.41, 5.74) is 0.858. The predicted molar refractivity (Wildman–Crippen MR) is 168 cm³/mol. The average Bonchev–Trinajstić information content (AvgIpc) is 3.05. The number of carbonyl (C=O) groups is 2. The summed E-state index contributed by atoms with van der Waals surface area (Å²) in [5.74, 6) is 0.149. The third-order valence-electron chi connectivity index (χ3n) is 7.07. The molecule has 0 fully saturated rings. The van der Waals surface area contributed by atoms with Gasteiger partial charge in [0.05, 0.1) is 39.0 Å².